The summed E-state index contributed by atoms with van der Waals surface area (Å²) in [6.07, 6.45) is 4.48. The van der Waals surface area contributed by atoms with Crippen LogP contribution in [-0.2, 0) is 11.2 Å². The largest absolute Gasteiger partial charge is 0.273 e. The van der Waals surface area contributed by atoms with Gasteiger partial charge in [-0.25, -0.2) is 5.43 Å². The number of hydrogen-bond donors (Lipinski definition) is 1. The maximum absolute atomic E-state index is 12.0. The molecular weight excluding hydrogens is 272 g/mol. The molecule has 2 aromatic carbocycles. The molecule has 1 fully saturated rings. The summed E-state index contributed by atoms with van der Waals surface area (Å²) in [7, 11) is 0. The minimum Gasteiger partial charge on any atom is -0.273 e. The Morgan fingerprint density at radius 3 is 2.50 bits per heavy atom. The number of nitrogens with one attached hydrogen (secondary N) is 1. The lowest BCUT2D eigenvalue weighted by atomic mass is 10.1. The van der Waals surface area contributed by atoms with Crippen molar-refractivity contribution in [2.75, 3.05) is 0 Å². The molecule has 0 heterocycles. The van der Waals surface area contributed by atoms with E-state index in [4.69, 9.17) is 0 Å². The predicted molar refractivity (Wildman–Crippen MR) is 88.7 cm³/mol. The fraction of sp³-hybridized carbons (Fsp3) is 0.263. The third-order valence-electron chi connectivity index (χ3n) is 4.03. The molecule has 3 nitrogen and oxygen atoms in total. The number of hydrazone groups is 1. The van der Waals surface area contributed by atoms with E-state index in [1.807, 2.05) is 36.4 Å². The van der Waals surface area contributed by atoms with Crippen molar-refractivity contribution in [3.63, 3.8) is 0 Å². The number of nitrogens with zero attached hydrogens (tertiary/aromatic N) is 1. The van der Waals surface area contributed by atoms with Gasteiger partial charge in [-0.05, 0) is 36.3 Å². The molecule has 2 aromatic rings. The van der Waals surface area contributed by atoms with Gasteiger partial charge in [0.1, 0.15) is 0 Å². The summed E-state index contributed by atoms with van der Waals surface area (Å²) < 4.78 is 0. The Balaban J connectivity index is 1.39. The highest BCUT2D eigenvalue weighted by Crippen LogP contribution is 2.47. The van der Waals surface area contributed by atoms with Gasteiger partial charge in [0.2, 0.25) is 5.91 Å². The van der Waals surface area contributed by atoms with Crippen molar-refractivity contribution in [2.45, 2.75) is 25.2 Å². The number of rotatable bonds is 6. The third-order valence-corrected chi connectivity index (χ3v) is 4.03. The number of benzene rings is 2. The van der Waals surface area contributed by atoms with Gasteiger partial charge in [0.05, 0.1) is 0 Å². The Morgan fingerprint density at radius 2 is 1.77 bits per heavy atom. The van der Waals surface area contributed by atoms with Crippen LogP contribution in [-0.4, -0.2) is 12.1 Å². The van der Waals surface area contributed by atoms with E-state index in [-0.39, 0.29) is 11.8 Å². The Kier molecular flexibility index (Phi) is 4.64. The average Bonchev–Trinajstić information content (AvgIpc) is 3.37. The maximum atomic E-state index is 12.0. The molecule has 22 heavy (non-hydrogen) atoms. The van der Waals surface area contributed by atoms with Crippen LogP contribution in [0.15, 0.2) is 65.8 Å². The van der Waals surface area contributed by atoms with E-state index in [1.165, 1.54) is 11.1 Å². The van der Waals surface area contributed by atoms with Gasteiger partial charge >= 0.3 is 0 Å². The molecule has 1 amide bonds. The number of carbonyl (C=O) groups is 1. The van der Waals surface area contributed by atoms with Gasteiger partial charge in [0.25, 0.3) is 0 Å². The van der Waals surface area contributed by atoms with Crippen molar-refractivity contribution in [2.24, 2.45) is 11.0 Å². The summed E-state index contributed by atoms with van der Waals surface area (Å²) in [5.74, 6) is 0.471. The molecule has 1 aliphatic carbocycles. The number of hydrogen-bond acceptors (Lipinski definition) is 2. The van der Waals surface area contributed by atoms with Crippen molar-refractivity contribution in [1.82, 2.24) is 5.43 Å². The number of amides is 1. The summed E-state index contributed by atoms with van der Waals surface area (Å²) in [4.78, 5) is 12.0. The second-order valence-corrected chi connectivity index (χ2v) is 5.67. The molecule has 0 spiro atoms. The van der Waals surface area contributed by atoms with E-state index in [9.17, 15) is 4.79 Å². The maximum Gasteiger partial charge on any atom is 0.243 e. The molecule has 0 aromatic heterocycles. The predicted octanol–water partition coefficient (Wildman–Crippen LogP) is 3.52. The minimum absolute atomic E-state index is 0.0322. The molecule has 112 valence electrons. The van der Waals surface area contributed by atoms with Crippen LogP contribution in [0, 0.1) is 5.92 Å². The SMILES string of the molecule is O=C(NN=CCCc1ccccc1)C1CC1c1ccccc1. The van der Waals surface area contributed by atoms with Crippen LogP contribution in [0.3, 0.4) is 0 Å². The van der Waals surface area contributed by atoms with Gasteiger partial charge in [0, 0.05) is 12.1 Å². The van der Waals surface area contributed by atoms with Crippen molar-refractivity contribution in [1.29, 1.82) is 0 Å². The van der Waals surface area contributed by atoms with Gasteiger partial charge in [-0.1, -0.05) is 60.7 Å². The van der Waals surface area contributed by atoms with Crippen molar-refractivity contribution in [3.8, 4) is 0 Å². The molecule has 1 saturated carbocycles. The quantitative estimate of drug-likeness (QED) is 0.642. The van der Waals surface area contributed by atoms with E-state index in [1.54, 1.807) is 6.21 Å². The van der Waals surface area contributed by atoms with Gasteiger partial charge in [0.15, 0.2) is 0 Å². The first-order valence-corrected chi connectivity index (χ1v) is 7.75. The highest BCUT2D eigenvalue weighted by Gasteiger charge is 2.43. The normalized spacial score (nSPS) is 20.0. The second kappa shape index (κ2) is 7.03. The Morgan fingerprint density at radius 1 is 1.09 bits per heavy atom. The van der Waals surface area contributed by atoms with Crippen LogP contribution in [0.1, 0.15) is 29.9 Å². The first-order chi connectivity index (χ1) is 10.8. The smallest absolute Gasteiger partial charge is 0.243 e. The van der Waals surface area contributed by atoms with Gasteiger partial charge in [-0.2, -0.15) is 5.10 Å². The zero-order valence-electron chi connectivity index (χ0n) is 12.5. The van der Waals surface area contributed by atoms with Gasteiger partial charge in [-0.15, -0.1) is 0 Å². The molecule has 3 rings (SSSR count). The monoisotopic (exact) mass is 292 g/mol. The Labute approximate surface area is 131 Å². The van der Waals surface area contributed by atoms with Gasteiger partial charge in [-0.3, -0.25) is 4.79 Å². The van der Waals surface area contributed by atoms with Crippen LogP contribution in [0.2, 0.25) is 0 Å². The van der Waals surface area contributed by atoms with Crippen LogP contribution in [0.4, 0.5) is 0 Å². The lowest BCUT2D eigenvalue weighted by molar-refractivity contribution is -0.122. The van der Waals surface area contributed by atoms with E-state index < -0.39 is 0 Å². The highest BCUT2D eigenvalue weighted by molar-refractivity contribution is 5.83. The minimum atomic E-state index is 0.0322. The number of aryl methyl sites for hydroxylation is 1. The zero-order valence-corrected chi connectivity index (χ0v) is 12.5. The van der Waals surface area contributed by atoms with E-state index in [0.29, 0.717) is 5.92 Å². The van der Waals surface area contributed by atoms with E-state index in [2.05, 4.69) is 34.8 Å². The fourth-order valence-electron chi connectivity index (χ4n) is 2.69. The third kappa shape index (κ3) is 3.82. The number of carbonyl (C=O) groups excluding carboxylic acids is 1. The molecular formula is C19H20N2O. The summed E-state index contributed by atoms with van der Waals surface area (Å²) in [5, 5.41) is 4.05. The summed E-state index contributed by atoms with van der Waals surface area (Å²) in [6.45, 7) is 0. The first kappa shape index (κ1) is 14.5. The summed E-state index contributed by atoms with van der Waals surface area (Å²) >= 11 is 0. The second-order valence-electron chi connectivity index (χ2n) is 5.67. The Hall–Kier alpha value is -2.42. The molecule has 1 N–H and O–H groups in total. The molecule has 0 aliphatic heterocycles. The van der Waals surface area contributed by atoms with E-state index >= 15 is 0 Å². The molecule has 0 bridgehead atoms. The highest BCUT2D eigenvalue weighted by atomic mass is 16.2. The van der Waals surface area contributed by atoms with Crippen LogP contribution >= 0.6 is 0 Å². The van der Waals surface area contributed by atoms with Crippen LogP contribution in [0.25, 0.3) is 0 Å². The fourth-order valence-corrected chi connectivity index (χ4v) is 2.69. The average molecular weight is 292 g/mol. The molecule has 0 saturated heterocycles. The molecule has 0 radical (unpaired) electrons. The van der Waals surface area contributed by atoms with Crippen molar-refractivity contribution >= 4 is 12.1 Å². The van der Waals surface area contributed by atoms with Crippen molar-refractivity contribution in [3.05, 3.63) is 71.8 Å². The molecule has 2 unspecified atom stereocenters. The van der Waals surface area contributed by atoms with Gasteiger partial charge < -0.3 is 0 Å². The summed E-state index contributed by atoms with van der Waals surface area (Å²) in [5.41, 5.74) is 5.19. The zero-order chi connectivity index (χ0) is 15.2. The lowest BCUT2D eigenvalue weighted by Gasteiger charge is -2.00. The standard InChI is InChI=1S/C19H20N2O/c22-19(18-14-17(18)16-11-5-2-6-12-16)21-20-13-7-10-15-8-3-1-4-9-15/h1-6,8-9,11-13,17-18H,7,10,14H2,(H,21,22). The summed E-state index contributed by atoms with van der Waals surface area (Å²) in [6, 6.07) is 20.5. The van der Waals surface area contributed by atoms with E-state index in [0.717, 1.165) is 19.3 Å². The molecule has 3 heteroatoms. The van der Waals surface area contributed by atoms with Crippen LogP contribution in [0.5, 0.6) is 0 Å². The topological polar surface area (TPSA) is 41.5 Å². The first-order valence-electron chi connectivity index (χ1n) is 7.75. The van der Waals surface area contributed by atoms with Crippen molar-refractivity contribution < 1.29 is 4.79 Å². The molecule has 2 atom stereocenters. The van der Waals surface area contributed by atoms with Crippen LogP contribution < -0.4 is 5.43 Å². The Bertz CT molecular complexity index is 637. The molecule has 1 aliphatic rings. The lowest BCUT2D eigenvalue weighted by Crippen LogP contribution is -2.20.